The molecule has 1 heterocycles. The number of fused-ring (bicyclic) bond motifs is 1. The molecule has 0 radical (unpaired) electrons. The number of alkyl halides is 3. The Labute approximate surface area is 174 Å². The number of halogens is 4. The topological polar surface area (TPSA) is 60.1 Å². The molecule has 0 aliphatic carbocycles. The fourth-order valence-corrected chi connectivity index (χ4v) is 3.28. The van der Waals surface area contributed by atoms with Crippen LogP contribution in [0.2, 0.25) is 25.7 Å². The van der Waals surface area contributed by atoms with Gasteiger partial charge in [-0.15, -0.1) is 0 Å². The molecule has 2 aromatic rings. The van der Waals surface area contributed by atoms with Crippen LogP contribution in [0.15, 0.2) is 18.3 Å². The summed E-state index contributed by atoms with van der Waals surface area (Å²) in [5, 5.41) is 12.7. The lowest BCUT2D eigenvalue weighted by molar-refractivity contribution is 0.0791. The quantitative estimate of drug-likeness (QED) is 0.191. The van der Waals surface area contributed by atoms with Crippen molar-refractivity contribution in [3.8, 4) is 0 Å². The highest BCUT2D eigenvalue weighted by atomic mass is 35.6. The van der Waals surface area contributed by atoms with Crippen LogP contribution in [0.25, 0.3) is 10.9 Å². The minimum Gasteiger partial charge on any atom is -0.478 e. The van der Waals surface area contributed by atoms with E-state index in [0.29, 0.717) is 36.2 Å². The molecule has 0 saturated heterocycles. The monoisotopic (exact) mass is 453 g/mol. The van der Waals surface area contributed by atoms with Crippen LogP contribution in [0, 0.1) is 11.2 Å². The van der Waals surface area contributed by atoms with Crippen LogP contribution in [0.4, 0.5) is 4.39 Å². The maximum Gasteiger partial charge on any atom is 0.265 e. The Bertz CT molecular complexity index is 803. The molecule has 0 fully saturated rings. The van der Waals surface area contributed by atoms with E-state index in [1.807, 2.05) is 0 Å². The van der Waals surface area contributed by atoms with Gasteiger partial charge in [-0.25, -0.2) is 9.07 Å². The molecule has 1 aromatic heterocycles. The zero-order valence-corrected chi connectivity index (χ0v) is 18.8. The predicted molar refractivity (Wildman–Crippen MR) is 111 cm³/mol. The van der Waals surface area contributed by atoms with E-state index >= 15 is 0 Å². The number of nitrogens with zero attached hydrogens (tertiary/aromatic N) is 2. The number of nitrogens with one attached hydrogen (secondary N) is 1. The molecule has 0 atom stereocenters. The van der Waals surface area contributed by atoms with Crippen molar-refractivity contribution in [2.24, 2.45) is 0 Å². The van der Waals surface area contributed by atoms with Gasteiger partial charge in [0.25, 0.3) is 3.79 Å². The van der Waals surface area contributed by atoms with Crippen LogP contribution in [-0.4, -0.2) is 40.8 Å². The maximum absolute atomic E-state index is 13.9. The molecule has 1 N–H and O–H groups in total. The highest BCUT2D eigenvalue weighted by Gasteiger charge is 2.28. The van der Waals surface area contributed by atoms with Crippen LogP contribution < -0.4 is 0 Å². The van der Waals surface area contributed by atoms with Crippen LogP contribution in [0.1, 0.15) is 5.56 Å². The van der Waals surface area contributed by atoms with Crippen molar-refractivity contribution < 1.29 is 13.9 Å². The number of hydrogen-bond acceptors (Lipinski definition) is 4. The molecular weight excluding hydrogens is 432 g/mol. The lowest BCUT2D eigenvalue weighted by Crippen LogP contribution is -2.22. The Morgan fingerprint density at radius 1 is 1.26 bits per heavy atom. The second kappa shape index (κ2) is 9.09. The highest BCUT2D eigenvalue weighted by Crippen LogP contribution is 2.28. The van der Waals surface area contributed by atoms with E-state index in [2.05, 4.69) is 24.7 Å². The lowest BCUT2D eigenvalue weighted by atomic mass is 10.1. The van der Waals surface area contributed by atoms with Crippen molar-refractivity contribution >= 4 is 59.7 Å². The molecule has 0 bridgehead atoms. The fraction of sp³-hybridized carbons (Fsp3) is 0.529. The SMILES string of the molecule is C[Si](C)(C)CCOCn1cc2cc(F)cc(CCOC(=N)C(Cl)(Cl)Cl)c2n1. The molecule has 1 aromatic carbocycles. The van der Waals surface area contributed by atoms with Crippen molar-refractivity contribution in [1.82, 2.24) is 9.78 Å². The van der Waals surface area contributed by atoms with Gasteiger partial charge in [-0.05, 0) is 23.7 Å². The van der Waals surface area contributed by atoms with E-state index in [1.54, 1.807) is 10.9 Å². The van der Waals surface area contributed by atoms with E-state index < -0.39 is 17.8 Å². The van der Waals surface area contributed by atoms with Gasteiger partial charge >= 0.3 is 0 Å². The summed E-state index contributed by atoms with van der Waals surface area (Å²) in [6.45, 7) is 7.94. The van der Waals surface area contributed by atoms with Crippen LogP contribution in [-0.2, 0) is 22.6 Å². The van der Waals surface area contributed by atoms with Crippen molar-refractivity contribution in [3.63, 3.8) is 0 Å². The van der Waals surface area contributed by atoms with E-state index in [4.69, 9.17) is 49.7 Å². The molecule has 0 unspecified atom stereocenters. The van der Waals surface area contributed by atoms with Gasteiger partial charge in [-0.3, -0.25) is 5.41 Å². The number of ether oxygens (including phenoxy) is 2. The Balaban J connectivity index is 2.02. The van der Waals surface area contributed by atoms with Crippen molar-refractivity contribution in [1.29, 1.82) is 5.41 Å². The van der Waals surface area contributed by atoms with Crippen molar-refractivity contribution in [3.05, 3.63) is 29.7 Å². The second-order valence-electron chi connectivity index (χ2n) is 7.44. The smallest absolute Gasteiger partial charge is 0.265 e. The van der Waals surface area contributed by atoms with Crippen LogP contribution in [0.5, 0.6) is 0 Å². The Hall–Kier alpha value is -0.863. The van der Waals surface area contributed by atoms with Gasteiger partial charge in [-0.1, -0.05) is 54.4 Å². The molecule has 0 spiro atoms. The first-order valence-electron chi connectivity index (χ1n) is 8.47. The maximum atomic E-state index is 13.9. The molecule has 27 heavy (non-hydrogen) atoms. The summed E-state index contributed by atoms with van der Waals surface area (Å²) in [6.07, 6.45) is 2.07. The molecule has 0 saturated carbocycles. The van der Waals surface area contributed by atoms with Gasteiger partial charge in [0.15, 0.2) is 0 Å². The number of aromatic nitrogens is 2. The van der Waals surface area contributed by atoms with Crippen molar-refractivity contribution in [2.75, 3.05) is 13.2 Å². The summed E-state index contributed by atoms with van der Waals surface area (Å²) in [7, 11) is -1.15. The predicted octanol–water partition coefficient (Wildman–Crippen LogP) is 5.39. The van der Waals surface area contributed by atoms with Gasteiger partial charge in [0.2, 0.25) is 5.90 Å². The minimum atomic E-state index is -1.91. The molecule has 2 rings (SSSR count). The van der Waals surface area contributed by atoms with Gasteiger partial charge < -0.3 is 9.47 Å². The third-order valence-corrected chi connectivity index (χ3v) is 6.01. The average molecular weight is 455 g/mol. The van der Waals surface area contributed by atoms with E-state index in [0.717, 1.165) is 6.04 Å². The molecule has 0 amide bonds. The summed E-state index contributed by atoms with van der Waals surface area (Å²) in [5.41, 5.74) is 1.32. The fourth-order valence-electron chi connectivity index (χ4n) is 2.36. The van der Waals surface area contributed by atoms with E-state index in [1.165, 1.54) is 12.1 Å². The highest BCUT2D eigenvalue weighted by molar-refractivity contribution is 6.76. The Morgan fingerprint density at radius 3 is 2.59 bits per heavy atom. The van der Waals surface area contributed by atoms with Gasteiger partial charge in [-0.2, -0.15) is 5.10 Å². The number of hydrogen-bond donors (Lipinski definition) is 1. The summed E-state index contributed by atoms with van der Waals surface area (Å²) < 4.78 is 24.5. The average Bonchev–Trinajstić information content (AvgIpc) is 2.92. The minimum absolute atomic E-state index is 0.0743. The second-order valence-corrected chi connectivity index (χ2v) is 15.3. The first kappa shape index (κ1) is 22.4. The molecule has 0 aliphatic heterocycles. The zero-order chi connectivity index (χ0) is 20.2. The van der Waals surface area contributed by atoms with Crippen LogP contribution >= 0.6 is 34.8 Å². The van der Waals surface area contributed by atoms with Gasteiger partial charge in [0, 0.05) is 32.7 Å². The zero-order valence-electron chi connectivity index (χ0n) is 15.5. The van der Waals surface area contributed by atoms with Gasteiger partial charge in [0.1, 0.15) is 12.5 Å². The third-order valence-electron chi connectivity index (χ3n) is 3.79. The first-order valence-corrected chi connectivity index (χ1v) is 13.3. The van der Waals surface area contributed by atoms with Crippen LogP contribution in [0.3, 0.4) is 0 Å². The number of benzene rings is 1. The largest absolute Gasteiger partial charge is 0.478 e. The summed E-state index contributed by atoms with van der Waals surface area (Å²) in [6, 6.07) is 3.89. The standard InChI is InChI=1S/C17H23Cl3FN3O2Si/c1-27(2,3)7-6-25-11-24-10-13-9-14(21)8-12(15(13)23-24)4-5-26-16(22)17(18,19)20/h8-10,22H,4-7,11H2,1-3H3. The van der Waals surface area contributed by atoms with E-state index in [-0.39, 0.29) is 12.4 Å². The molecule has 150 valence electrons. The van der Waals surface area contributed by atoms with E-state index in [9.17, 15) is 4.39 Å². The van der Waals surface area contributed by atoms with Gasteiger partial charge in [0.05, 0.1) is 12.1 Å². The summed E-state index contributed by atoms with van der Waals surface area (Å²) >= 11 is 16.7. The summed E-state index contributed by atoms with van der Waals surface area (Å²) in [4.78, 5) is 0. The molecule has 10 heteroatoms. The molecular formula is C17H23Cl3FN3O2Si. The third kappa shape index (κ3) is 7.23. The van der Waals surface area contributed by atoms with Crippen molar-refractivity contribution in [2.45, 2.75) is 42.6 Å². The Kier molecular flexibility index (Phi) is 7.55. The lowest BCUT2D eigenvalue weighted by Gasteiger charge is -2.15. The molecule has 0 aliphatic rings. The number of rotatable bonds is 8. The first-order chi connectivity index (χ1) is 12.5. The Morgan fingerprint density at radius 2 is 1.96 bits per heavy atom. The normalized spacial score (nSPS) is 12.6. The summed E-state index contributed by atoms with van der Waals surface area (Å²) in [5.74, 6) is -0.838. The molecule has 5 nitrogen and oxygen atoms in total.